The van der Waals surface area contributed by atoms with E-state index in [1.807, 2.05) is 6.07 Å². The van der Waals surface area contributed by atoms with Gasteiger partial charge in [-0.25, -0.2) is 13.1 Å². The van der Waals surface area contributed by atoms with Gasteiger partial charge in [-0.2, -0.15) is 0 Å². The standard InChI is InChI=1S/C21H35N3O3S/c1-16(2)24(17(3)4)14-13-22-21(25)11-12-23-28(26,27)20-10-9-18-7-5-6-8-19(18)15-20/h9-10,15-17,23H,5-8,11-14H2,1-4H3,(H,22,25). The number of amides is 1. The van der Waals surface area contributed by atoms with Crippen LogP contribution in [-0.2, 0) is 27.7 Å². The zero-order valence-corrected chi connectivity index (χ0v) is 18.4. The number of sulfonamides is 1. The van der Waals surface area contributed by atoms with Gasteiger partial charge in [0, 0.05) is 38.1 Å². The average Bonchev–Trinajstić information content (AvgIpc) is 2.64. The molecule has 0 unspecified atom stereocenters. The lowest BCUT2D eigenvalue weighted by molar-refractivity contribution is -0.121. The number of aryl methyl sites for hydroxylation is 2. The summed E-state index contributed by atoms with van der Waals surface area (Å²) in [6.07, 6.45) is 4.36. The van der Waals surface area contributed by atoms with Crippen LogP contribution in [0.3, 0.4) is 0 Å². The van der Waals surface area contributed by atoms with Crippen molar-refractivity contribution < 1.29 is 13.2 Å². The third-order valence-electron chi connectivity index (χ3n) is 5.29. The molecule has 0 aliphatic heterocycles. The number of nitrogens with zero attached hydrogens (tertiary/aromatic N) is 1. The first-order chi connectivity index (χ1) is 13.2. The lowest BCUT2D eigenvalue weighted by Crippen LogP contribution is -2.42. The Bertz CT molecular complexity index is 752. The number of hydrogen-bond donors (Lipinski definition) is 2. The van der Waals surface area contributed by atoms with Crippen molar-refractivity contribution in [3.05, 3.63) is 29.3 Å². The number of benzene rings is 1. The highest BCUT2D eigenvalue weighted by Gasteiger charge is 2.18. The van der Waals surface area contributed by atoms with Crippen LogP contribution in [0.1, 0.15) is 58.1 Å². The van der Waals surface area contributed by atoms with Gasteiger partial charge in [-0.15, -0.1) is 0 Å². The van der Waals surface area contributed by atoms with Crippen LogP contribution in [0.2, 0.25) is 0 Å². The van der Waals surface area contributed by atoms with Crippen LogP contribution in [0.25, 0.3) is 0 Å². The summed E-state index contributed by atoms with van der Waals surface area (Å²) in [5, 5.41) is 2.87. The molecule has 0 atom stereocenters. The minimum Gasteiger partial charge on any atom is -0.355 e. The first-order valence-corrected chi connectivity index (χ1v) is 11.8. The van der Waals surface area contributed by atoms with Gasteiger partial charge in [0.15, 0.2) is 0 Å². The monoisotopic (exact) mass is 409 g/mol. The summed E-state index contributed by atoms with van der Waals surface area (Å²) in [7, 11) is -3.58. The maximum absolute atomic E-state index is 12.5. The van der Waals surface area contributed by atoms with Gasteiger partial charge in [-0.1, -0.05) is 6.07 Å². The average molecular weight is 410 g/mol. The van der Waals surface area contributed by atoms with Crippen molar-refractivity contribution in [3.63, 3.8) is 0 Å². The molecule has 28 heavy (non-hydrogen) atoms. The Morgan fingerprint density at radius 2 is 1.68 bits per heavy atom. The number of carbonyl (C=O) groups excluding carboxylic acids is 1. The molecule has 0 heterocycles. The maximum atomic E-state index is 12.5. The molecule has 0 radical (unpaired) electrons. The normalized spacial score (nSPS) is 14.5. The van der Waals surface area contributed by atoms with Crippen molar-refractivity contribution in [3.8, 4) is 0 Å². The van der Waals surface area contributed by atoms with Gasteiger partial charge < -0.3 is 5.32 Å². The molecule has 1 aliphatic rings. The largest absolute Gasteiger partial charge is 0.355 e. The summed E-state index contributed by atoms with van der Waals surface area (Å²) in [5.74, 6) is -0.138. The lowest BCUT2D eigenvalue weighted by Gasteiger charge is -2.30. The molecule has 0 aromatic heterocycles. The molecule has 6 nitrogen and oxygen atoms in total. The summed E-state index contributed by atoms with van der Waals surface area (Å²) >= 11 is 0. The first-order valence-electron chi connectivity index (χ1n) is 10.3. The second-order valence-electron chi connectivity index (χ2n) is 8.06. The molecular weight excluding hydrogens is 374 g/mol. The van der Waals surface area contributed by atoms with Gasteiger partial charge >= 0.3 is 0 Å². The maximum Gasteiger partial charge on any atom is 0.240 e. The summed E-state index contributed by atoms with van der Waals surface area (Å²) in [5.41, 5.74) is 2.38. The Balaban J connectivity index is 1.78. The smallest absolute Gasteiger partial charge is 0.240 e. The number of nitrogens with one attached hydrogen (secondary N) is 2. The van der Waals surface area contributed by atoms with Crippen LogP contribution in [-0.4, -0.2) is 50.9 Å². The number of fused-ring (bicyclic) bond motifs is 1. The lowest BCUT2D eigenvalue weighted by atomic mass is 9.92. The molecule has 0 saturated carbocycles. The minimum atomic E-state index is -3.58. The van der Waals surface area contributed by atoms with E-state index in [2.05, 4.69) is 42.6 Å². The van der Waals surface area contributed by atoms with Crippen LogP contribution >= 0.6 is 0 Å². The van der Waals surface area contributed by atoms with Gasteiger partial charge in [0.25, 0.3) is 0 Å². The third-order valence-corrected chi connectivity index (χ3v) is 6.75. The summed E-state index contributed by atoms with van der Waals surface area (Å²) in [6.45, 7) is 9.99. The van der Waals surface area contributed by atoms with Crippen molar-refractivity contribution in [1.82, 2.24) is 14.9 Å². The second kappa shape index (κ2) is 10.4. The van der Waals surface area contributed by atoms with Crippen LogP contribution in [0.15, 0.2) is 23.1 Å². The molecule has 1 aromatic rings. The fraction of sp³-hybridized carbons (Fsp3) is 0.667. The molecular formula is C21H35N3O3S. The van der Waals surface area contributed by atoms with Crippen molar-refractivity contribution in [2.45, 2.75) is 76.8 Å². The first kappa shape index (κ1) is 22.8. The molecule has 0 bridgehead atoms. The van der Waals surface area contributed by atoms with E-state index >= 15 is 0 Å². The Morgan fingerprint density at radius 3 is 2.32 bits per heavy atom. The van der Waals surface area contributed by atoms with E-state index in [-0.39, 0.29) is 23.8 Å². The molecule has 2 rings (SSSR count). The quantitative estimate of drug-likeness (QED) is 0.622. The Morgan fingerprint density at radius 1 is 1.04 bits per heavy atom. The van der Waals surface area contributed by atoms with E-state index in [4.69, 9.17) is 0 Å². The molecule has 0 spiro atoms. The van der Waals surface area contributed by atoms with E-state index in [9.17, 15) is 13.2 Å². The Kier molecular flexibility index (Phi) is 8.46. The van der Waals surface area contributed by atoms with Crippen molar-refractivity contribution in [2.24, 2.45) is 0 Å². The number of rotatable bonds is 10. The van der Waals surface area contributed by atoms with E-state index in [1.54, 1.807) is 12.1 Å². The van der Waals surface area contributed by atoms with E-state index < -0.39 is 10.0 Å². The summed E-state index contributed by atoms with van der Waals surface area (Å²) in [6, 6.07) is 6.20. The van der Waals surface area contributed by atoms with Crippen LogP contribution in [0, 0.1) is 0 Å². The molecule has 0 saturated heterocycles. The van der Waals surface area contributed by atoms with Crippen molar-refractivity contribution in [2.75, 3.05) is 19.6 Å². The van der Waals surface area contributed by atoms with Gasteiger partial charge in [0.2, 0.25) is 15.9 Å². The van der Waals surface area contributed by atoms with Crippen molar-refractivity contribution in [1.29, 1.82) is 0 Å². The predicted molar refractivity (Wildman–Crippen MR) is 113 cm³/mol. The zero-order chi connectivity index (χ0) is 20.7. The number of carbonyl (C=O) groups is 1. The molecule has 1 amide bonds. The van der Waals surface area contributed by atoms with Gasteiger partial charge in [-0.05, 0) is 76.6 Å². The molecule has 7 heteroatoms. The molecule has 2 N–H and O–H groups in total. The van der Waals surface area contributed by atoms with Crippen LogP contribution < -0.4 is 10.0 Å². The van der Waals surface area contributed by atoms with Gasteiger partial charge in [0.1, 0.15) is 0 Å². The topological polar surface area (TPSA) is 78.5 Å². The van der Waals surface area contributed by atoms with E-state index in [1.165, 1.54) is 12.0 Å². The van der Waals surface area contributed by atoms with Gasteiger partial charge in [0.05, 0.1) is 4.90 Å². The van der Waals surface area contributed by atoms with Crippen LogP contribution in [0.5, 0.6) is 0 Å². The molecule has 1 aromatic carbocycles. The summed E-state index contributed by atoms with van der Waals surface area (Å²) in [4.78, 5) is 14.6. The third kappa shape index (κ3) is 6.57. The van der Waals surface area contributed by atoms with E-state index in [0.717, 1.165) is 31.4 Å². The molecule has 0 fully saturated rings. The predicted octanol–water partition coefficient (Wildman–Crippen LogP) is 2.47. The minimum absolute atomic E-state index is 0.101. The highest BCUT2D eigenvalue weighted by molar-refractivity contribution is 7.89. The van der Waals surface area contributed by atoms with E-state index in [0.29, 0.717) is 18.6 Å². The highest BCUT2D eigenvalue weighted by atomic mass is 32.2. The molecule has 1 aliphatic carbocycles. The second-order valence-corrected chi connectivity index (χ2v) is 9.83. The SMILES string of the molecule is CC(C)N(CCNC(=O)CCNS(=O)(=O)c1ccc2c(c1)CCCC2)C(C)C. The molecule has 158 valence electrons. The fourth-order valence-corrected chi connectivity index (χ4v) is 4.87. The fourth-order valence-electron chi connectivity index (χ4n) is 3.78. The Labute approximate surface area is 170 Å². The van der Waals surface area contributed by atoms with Gasteiger partial charge in [-0.3, -0.25) is 9.69 Å². The Hall–Kier alpha value is -1.44. The number of hydrogen-bond acceptors (Lipinski definition) is 4. The van der Waals surface area contributed by atoms with Crippen molar-refractivity contribution >= 4 is 15.9 Å². The zero-order valence-electron chi connectivity index (χ0n) is 17.6. The summed E-state index contributed by atoms with van der Waals surface area (Å²) < 4.78 is 27.6. The van der Waals surface area contributed by atoms with Crippen LogP contribution in [0.4, 0.5) is 0 Å². The highest BCUT2D eigenvalue weighted by Crippen LogP contribution is 2.23.